The van der Waals surface area contributed by atoms with Crippen LogP contribution in [0.5, 0.6) is 0 Å². The molecule has 0 radical (unpaired) electrons. The predicted molar refractivity (Wildman–Crippen MR) is 82.5 cm³/mol. The van der Waals surface area contributed by atoms with Crippen LogP contribution < -0.4 is 5.73 Å². The van der Waals surface area contributed by atoms with Gasteiger partial charge < -0.3 is 15.4 Å². The minimum atomic E-state index is -0.506. The lowest BCUT2D eigenvalue weighted by molar-refractivity contribution is -0.136. The van der Waals surface area contributed by atoms with Crippen molar-refractivity contribution in [2.75, 3.05) is 13.7 Å². The van der Waals surface area contributed by atoms with E-state index in [1.54, 1.807) is 23.4 Å². The molecule has 1 fully saturated rings. The van der Waals surface area contributed by atoms with Gasteiger partial charge in [0.2, 0.25) is 5.91 Å². The van der Waals surface area contributed by atoms with E-state index in [9.17, 15) is 9.59 Å². The third-order valence-electron chi connectivity index (χ3n) is 4.38. The molecule has 6 heteroatoms. The average Bonchev–Trinajstić information content (AvgIpc) is 2.91. The second kappa shape index (κ2) is 5.77. The lowest BCUT2D eigenvalue weighted by atomic mass is 9.64. The van der Waals surface area contributed by atoms with Crippen LogP contribution in [0.4, 0.5) is 0 Å². The number of nitrogens with two attached hydrogens (primary N) is 1. The Morgan fingerprint density at radius 1 is 1.52 bits per heavy atom. The van der Waals surface area contributed by atoms with Crippen molar-refractivity contribution < 1.29 is 14.3 Å². The zero-order valence-corrected chi connectivity index (χ0v) is 13.7. The fraction of sp³-hybridized carbons (Fsp3) is 0.600. The highest BCUT2D eigenvalue weighted by atomic mass is 32.1. The Labute approximate surface area is 129 Å². The van der Waals surface area contributed by atoms with E-state index in [0.29, 0.717) is 17.0 Å². The van der Waals surface area contributed by atoms with Crippen LogP contribution in [0, 0.1) is 5.41 Å². The number of ether oxygens (including phenoxy) is 1. The maximum absolute atomic E-state index is 12.5. The highest BCUT2D eigenvalue weighted by molar-refractivity contribution is 7.12. The van der Waals surface area contributed by atoms with Crippen molar-refractivity contribution in [2.24, 2.45) is 11.1 Å². The van der Waals surface area contributed by atoms with Crippen molar-refractivity contribution in [3.8, 4) is 0 Å². The third kappa shape index (κ3) is 2.82. The summed E-state index contributed by atoms with van der Waals surface area (Å²) >= 11 is 1.25. The summed E-state index contributed by atoms with van der Waals surface area (Å²) in [6.45, 7) is 6.91. The molecule has 0 aromatic carbocycles. The minimum Gasteiger partial charge on any atom is -0.378 e. The van der Waals surface area contributed by atoms with E-state index in [1.807, 2.05) is 6.92 Å². The van der Waals surface area contributed by atoms with Gasteiger partial charge in [-0.05, 0) is 19.4 Å². The standard InChI is InChI=1S/C15H22N2O3S/c1-5-20-12-7-11(15(12,2)3)17(4)14(19)10-6-9(8-21-10)13(16)18/h6,8,11-12H,5,7H2,1-4H3,(H2,16,18)/t11-,12+/m0/s1. The van der Waals surface area contributed by atoms with Crippen molar-refractivity contribution in [1.29, 1.82) is 0 Å². The number of hydrogen-bond acceptors (Lipinski definition) is 4. The molecule has 1 saturated carbocycles. The van der Waals surface area contributed by atoms with Crippen LogP contribution in [-0.2, 0) is 4.74 Å². The molecular formula is C15H22N2O3S. The fourth-order valence-electron chi connectivity index (χ4n) is 2.90. The van der Waals surface area contributed by atoms with E-state index in [-0.39, 0.29) is 23.5 Å². The molecule has 116 valence electrons. The van der Waals surface area contributed by atoms with Gasteiger partial charge in [-0.3, -0.25) is 9.59 Å². The van der Waals surface area contributed by atoms with E-state index in [2.05, 4.69) is 13.8 Å². The highest BCUT2D eigenvalue weighted by Gasteiger charge is 2.51. The van der Waals surface area contributed by atoms with Gasteiger partial charge in [-0.15, -0.1) is 11.3 Å². The molecule has 1 heterocycles. The predicted octanol–water partition coefficient (Wildman–Crippen LogP) is 2.12. The Bertz CT molecular complexity index is 553. The van der Waals surface area contributed by atoms with E-state index in [1.165, 1.54) is 11.3 Å². The summed E-state index contributed by atoms with van der Waals surface area (Å²) in [5.41, 5.74) is 5.54. The van der Waals surface area contributed by atoms with Crippen molar-refractivity contribution in [1.82, 2.24) is 4.90 Å². The zero-order valence-electron chi connectivity index (χ0n) is 12.9. The molecule has 0 spiro atoms. The summed E-state index contributed by atoms with van der Waals surface area (Å²) in [4.78, 5) is 25.9. The van der Waals surface area contributed by atoms with Crippen LogP contribution in [0.3, 0.4) is 0 Å². The Hall–Kier alpha value is -1.40. The van der Waals surface area contributed by atoms with Gasteiger partial charge in [0.05, 0.1) is 16.5 Å². The summed E-state index contributed by atoms with van der Waals surface area (Å²) in [6, 6.07) is 1.71. The molecule has 2 rings (SSSR count). The molecule has 2 amide bonds. The largest absolute Gasteiger partial charge is 0.378 e. The first-order chi connectivity index (χ1) is 9.78. The molecule has 0 unspecified atom stereocenters. The number of primary amides is 1. The SMILES string of the molecule is CCO[C@@H]1C[C@H](N(C)C(=O)c2cc(C(N)=O)cs2)C1(C)C. The number of rotatable bonds is 5. The first-order valence-corrected chi connectivity index (χ1v) is 7.94. The average molecular weight is 310 g/mol. The van der Waals surface area contributed by atoms with Crippen LogP contribution in [0.2, 0.25) is 0 Å². The van der Waals surface area contributed by atoms with Crippen molar-refractivity contribution in [3.05, 3.63) is 21.9 Å². The Morgan fingerprint density at radius 2 is 2.19 bits per heavy atom. The number of nitrogens with zero attached hydrogens (tertiary/aromatic N) is 1. The van der Waals surface area contributed by atoms with E-state index < -0.39 is 5.91 Å². The summed E-state index contributed by atoms with van der Waals surface area (Å²) in [5, 5.41) is 1.62. The van der Waals surface area contributed by atoms with Crippen molar-refractivity contribution in [2.45, 2.75) is 39.3 Å². The lowest BCUT2D eigenvalue weighted by Gasteiger charge is -2.54. The highest BCUT2D eigenvalue weighted by Crippen LogP contribution is 2.45. The smallest absolute Gasteiger partial charge is 0.263 e. The third-order valence-corrected chi connectivity index (χ3v) is 5.29. The maximum atomic E-state index is 12.5. The van der Waals surface area contributed by atoms with Gasteiger partial charge in [-0.25, -0.2) is 0 Å². The Kier molecular flexibility index (Phi) is 4.39. The van der Waals surface area contributed by atoms with Crippen LogP contribution in [0.15, 0.2) is 11.4 Å². The molecule has 1 aromatic rings. The topological polar surface area (TPSA) is 72.6 Å². The van der Waals surface area contributed by atoms with Gasteiger partial charge in [0.25, 0.3) is 5.91 Å². The maximum Gasteiger partial charge on any atom is 0.263 e. The van der Waals surface area contributed by atoms with Crippen LogP contribution in [0.25, 0.3) is 0 Å². The van der Waals surface area contributed by atoms with Gasteiger partial charge in [0.1, 0.15) is 0 Å². The molecule has 2 N–H and O–H groups in total. The number of carbonyl (C=O) groups is 2. The summed E-state index contributed by atoms with van der Waals surface area (Å²) in [5.74, 6) is -0.575. The van der Waals surface area contributed by atoms with Crippen LogP contribution in [0.1, 0.15) is 47.2 Å². The molecule has 5 nitrogen and oxygen atoms in total. The molecule has 2 atom stereocenters. The Morgan fingerprint density at radius 3 is 2.67 bits per heavy atom. The summed E-state index contributed by atoms with van der Waals surface area (Å²) in [6.07, 6.45) is 1.03. The van der Waals surface area contributed by atoms with Gasteiger partial charge in [0.15, 0.2) is 0 Å². The quantitative estimate of drug-likeness (QED) is 0.905. The molecule has 1 aliphatic carbocycles. The van der Waals surface area contributed by atoms with Crippen molar-refractivity contribution >= 4 is 23.2 Å². The van der Waals surface area contributed by atoms with Gasteiger partial charge >= 0.3 is 0 Å². The molecule has 1 aliphatic rings. The molecule has 1 aromatic heterocycles. The lowest BCUT2D eigenvalue weighted by Crippen LogP contribution is -2.62. The van der Waals surface area contributed by atoms with Gasteiger partial charge in [-0.2, -0.15) is 0 Å². The molecule has 0 aliphatic heterocycles. The monoisotopic (exact) mass is 310 g/mol. The van der Waals surface area contributed by atoms with E-state index in [4.69, 9.17) is 10.5 Å². The number of thiophene rings is 1. The normalized spacial score (nSPS) is 23.4. The van der Waals surface area contributed by atoms with Crippen LogP contribution in [-0.4, -0.2) is 42.5 Å². The summed E-state index contributed by atoms with van der Waals surface area (Å²) < 4.78 is 5.70. The number of carbonyl (C=O) groups excluding carboxylic acids is 2. The number of hydrogen-bond donors (Lipinski definition) is 1. The first-order valence-electron chi connectivity index (χ1n) is 7.06. The van der Waals surface area contributed by atoms with E-state index in [0.717, 1.165) is 6.42 Å². The molecular weight excluding hydrogens is 288 g/mol. The number of amides is 2. The van der Waals surface area contributed by atoms with Crippen LogP contribution >= 0.6 is 11.3 Å². The molecule has 0 saturated heterocycles. The van der Waals surface area contributed by atoms with Gasteiger partial charge in [0, 0.05) is 30.5 Å². The zero-order chi connectivity index (χ0) is 15.8. The second-order valence-electron chi connectivity index (χ2n) is 6.00. The second-order valence-corrected chi connectivity index (χ2v) is 6.91. The fourth-order valence-corrected chi connectivity index (χ4v) is 3.78. The van der Waals surface area contributed by atoms with E-state index >= 15 is 0 Å². The van der Waals surface area contributed by atoms with Crippen molar-refractivity contribution in [3.63, 3.8) is 0 Å². The first kappa shape index (κ1) is 16.0. The molecule has 0 bridgehead atoms. The van der Waals surface area contributed by atoms with Gasteiger partial charge in [-0.1, -0.05) is 13.8 Å². The summed E-state index contributed by atoms with van der Waals surface area (Å²) in [7, 11) is 1.81. The molecule has 21 heavy (non-hydrogen) atoms. The minimum absolute atomic E-state index is 0.0653. The Balaban J connectivity index is 2.08.